The van der Waals surface area contributed by atoms with Gasteiger partial charge in [-0.2, -0.15) is 0 Å². The lowest BCUT2D eigenvalue weighted by atomic mass is 10.3. The highest BCUT2D eigenvalue weighted by Gasteiger charge is 2.11. The Morgan fingerprint density at radius 2 is 1.78 bits per heavy atom. The molecule has 0 spiro atoms. The van der Waals surface area contributed by atoms with E-state index in [2.05, 4.69) is 4.98 Å². The Hall–Kier alpha value is -2.36. The van der Waals surface area contributed by atoms with Crippen LogP contribution >= 0.6 is 0 Å². The first kappa shape index (κ1) is 10.8. The summed E-state index contributed by atoms with van der Waals surface area (Å²) in [5.41, 5.74) is 3.50. The molecule has 0 saturated heterocycles. The summed E-state index contributed by atoms with van der Waals surface area (Å²) < 4.78 is 3.33. The number of nitrogens with zero attached hydrogens (tertiary/aromatic N) is 3. The molecule has 0 aliphatic carbocycles. The van der Waals surface area contributed by atoms with Gasteiger partial charge >= 0.3 is 5.69 Å². The molecule has 0 saturated carbocycles. The molecule has 0 atom stereocenters. The van der Waals surface area contributed by atoms with E-state index in [0.29, 0.717) is 0 Å². The molecule has 0 fully saturated rings. The standard InChI is InChI=1S/C14H13N3O/c1-10-7-8-11(9-15-10)17-13-6-4-3-5-12(13)16(2)14(17)18/h3-9H,1-2H3. The van der Waals surface area contributed by atoms with Crippen LogP contribution in [-0.2, 0) is 7.05 Å². The fourth-order valence-electron chi connectivity index (χ4n) is 2.13. The summed E-state index contributed by atoms with van der Waals surface area (Å²) >= 11 is 0. The van der Waals surface area contributed by atoms with Crippen molar-refractivity contribution in [1.29, 1.82) is 0 Å². The van der Waals surface area contributed by atoms with Gasteiger partial charge in [0.2, 0.25) is 0 Å². The van der Waals surface area contributed by atoms with Gasteiger partial charge in [0, 0.05) is 12.7 Å². The molecule has 0 unspecified atom stereocenters. The van der Waals surface area contributed by atoms with Gasteiger partial charge in [-0.15, -0.1) is 0 Å². The first-order valence-corrected chi connectivity index (χ1v) is 5.78. The SMILES string of the molecule is Cc1ccc(-n2c(=O)n(C)c3ccccc32)cn1. The zero-order valence-electron chi connectivity index (χ0n) is 10.3. The molecule has 4 nitrogen and oxygen atoms in total. The molecule has 0 aliphatic rings. The maximum atomic E-state index is 12.3. The number of hydrogen-bond acceptors (Lipinski definition) is 2. The summed E-state index contributed by atoms with van der Waals surface area (Å²) in [4.78, 5) is 16.5. The summed E-state index contributed by atoms with van der Waals surface area (Å²) in [7, 11) is 1.78. The highest BCUT2D eigenvalue weighted by Crippen LogP contribution is 2.16. The van der Waals surface area contributed by atoms with E-state index in [1.807, 2.05) is 43.3 Å². The van der Waals surface area contributed by atoms with E-state index in [0.717, 1.165) is 22.4 Å². The summed E-state index contributed by atoms with van der Waals surface area (Å²) in [6.07, 6.45) is 1.73. The molecule has 0 N–H and O–H groups in total. The van der Waals surface area contributed by atoms with Crippen molar-refractivity contribution >= 4 is 11.0 Å². The maximum Gasteiger partial charge on any atom is 0.333 e. The third-order valence-corrected chi connectivity index (χ3v) is 3.12. The molecule has 4 heteroatoms. The largest absolute Gasteiger partial charge is 0.333 e. The van der Waals surface area contributed by atoms with Crippen molar-refractivity contribution in [3.05, 3.63) is 58.8 Å². The molecule has 2 heterocycles. The second-order valence-electron chi connectivity index (χ2n) is 4.32. The van der Waals surface area contributed by atoms with Gasteiger partial charge in [0.15, 0.2) is 0 Å². The molecule has 3 aromatic rings. The maximum absolute atomic E-state index is 12.3. The van der Waals surface area contributed by atoms with Crippen LogP contribution in [0.15, 0.2) is 47.4 Å². The van der Waals surface area contributed by atoms with Gasteiger partial charge in [-0.3, -0.25) is 14.1 Å². The number of hydrogen-bond donors (Lipinski definition) is 0. The average molecular weight is 239 g/mol. The summed E-state index contributed by atoms with van der Waals surface area (Å²) in [6, 6.07) is 11.6. The van der Waals surface area contributed by atoms with Gasteiger partial charge < -0.3 is 0 Å². The van der Waals surface area contributed by atoms with Gasteiger partial charge in [0.1, 0.15) is 0 Å². The minimum absolute atomic E-state index is 0.0538. The van der Waals surface area contributed by atoms with Crippen LogP contribution in [0.2, 0.25) is 0 Å². The van der Waals surface area contributed by atoms with Crippen molar-refractivity contribution in [2.75, 3.05) is 0 Å². The van der Waals surface area contributed by atoms with Crippen LogP contribution in [0.1, 0.15) is 5.69 Å². The molecule has 0 bridgehead atoms. The van der Waals surface area contributed by atoms with Crippen LogP contribution in [0.25, 0.3) is 16.7 Å². The third kappa shape index (κ3) is 1.46. The van der Waals surface area contributed by atoms with E-state index in [-0.39, 0.29) is 5.69 Å². The van der Waals surface area contributed by atoms with E-state index < -0.39 is 0 Å². The van der Waals surface area contributed by atoms with Crippen LogP contribution in [0.3, 0.4) is 0 Å². The molecule has 18 heavy (non-hydrogen) atoms. The Morgan fingerprint density at radius 3 is 2.44 bits per heavy atom. The van der Waals surface area contributed by atoms with Crippen molar-refractivity contribution in [1.82, 2.24) is 14.1 Å². The van der Waals surface area contributed by atoms with Gasteiger partial charge in [-0.25, -0.2) is 4.79 Å². The highest BCUT2D eigenvalue weighted by molar-refractivity contribution is 5.77. The van der Waals surface area contributed by atoms with E-state index in [1.165, 1.54) is 0 Å². The van der Waals surface area contributed by atoms with Crippen molar-refractivity contribution in [2.45, 2.75) is 6.92 Å². The van der Waals surface area contributed by atoms with Crippen LogP contribution in [0.4, 0.5) is 0 Å². The van der Waals surface area contributed by atoms with Crippen LogP contribution in [0.5, 0.6) is 0 Å². The molecular weight excluding hydrogens is 226 g/mol. The first-order chi connectivity index (χ1) is 8.68. The van der Waals surface area contributed by atoms with E-state index in [4.69, 9.17) is 0 Å². The fraction of sp³-hybridized carbons (Fsp3) is 0.143. The predicted molar refractivity (Wildman–Crippen MR) is 71.0 cm³/mol. The monoisotopic (exact) mass is 239 g/mol. The Labute approximate surface area is 104 Å². The second-order valence-corrected chi connectivity index (χ2v) is 4.32. The smallest absolute Gasteiger partial charge is 0.295 e. The average Bonchev–Trinajstić information content (AvgIpc) is 2.64. The molecule has 0 amide bonds. The van der Waals surface area contributed by atoms with E-state index in [9.17, 15) is 4.79 Å². The van der Waals surface area contributed by atoms with Crippen molar-refractivity contribution in [3.63, 3.8) is 0 Å². The number of pyridine rings is 1. The quantitative estimate of drug-likeness (QED) is 0.652. The Bertz CT molecular complexity index is 766. The fourth-order valence-corrected chi connectivity index (χ4v) is 2.13. The van der Waals surface area contributed by atoms with Crippen LogP contribution < -0.4 is 5.69 Å². The number of rotatable bonds is 1. The number of para-hydroxylation sites is 2. The summed E-state index contributed by atoms with van der Waals surface area (Å²) in [5, 5.41) is 0. The number of benzene rings is 1. The lowest BCUT2D eigenvalue weighted by Crippen LogP contribution is -2.20. The third-order valence-electron chi connectivity index (χ3n) is 3.12. The zero-order chi connectivity index (χ0) is 12.7. The molecule has 2 aromatic heterocycles. The number of imidazole rings is 1. The molecular formula is C14H13N3O. The lowest BCUT2D eigenvalue weighted by Gasteiger charge is -2.02. The molecule has 0 radical (unpaired) electrons. The van der Waals surface area contributed by atoms with Gasteiger partial charge in [-0.1, -0.05) is 12.1 Å². The van der Waals surface area contributed by atoms with E-state index >= 15 is 0 Å². The Morgan fingerprint density at radius 1 is 1.06 bits per heavy atom. The highest BCUT2D eigenvalue weighted by atomic mass is 16.1. The van der Waals surface area contributed by atoms with Gasteiger partial charge in [0.25, 0.3) is 0 Å². The Kier molecular flexibility index (Phi) is 2.30. The number of fused-ring (bicyclic) bond motifs is 1. The minimum atomic E-state index is -0.0538. The van der Waals surface area contributed by atoms with Crippen molar-refractivity contribution < 1.29 is 0 Å². The van der Waals surface area contributed by atoms with Crippen LogP contribution in [-0.4, -0.2) is 14.1 Å². The number of aromatic nitrogens is 3. The van der Waals surface area contributed by atoms with Gasteiger partial charge in [-0.05, 0) is 31.2 Å². The molecule has 1 aromatic carbocycles. The van der Waals surface area contributed by atoms with Crippen molar-refractivity contribution in [3.8, 4) is 5.69 Å². The van der Waals surface area contributed by atoms with Gasteiger partial charge in [0.05, 0.1) is 22.9 Å². The zero-order valence-corrected chi connectivity index (χ0v) is 10.3. The first-order valence-electron chi connectivity index (χ1n) is 5.78. The summed E-state index contributed by atoms with van der Waals surface area (Å²) in [6.45, 7) is 1.93. The minimum Gasteiger partial charge on any atom is -0.295 e. The Balaban J connectivity index is 2.39. The second kappa shape index (κ2) is 3.84. The number of aryl methyl sites for hydroxylation is 2. The predicted octanol–water partition coefficient (Wildman–Crippen LogP) is 2.03. The lowest BCUT2D eigenvalue weighted by molar-refractivity contribution is 0.843. The van der Waals surface area contributed by atoms with Crippen LogP contribution in [0, 0.1) is 6.92 Å². The molecule has 3 rings (SSSR count). The molecule has 90 valence electrons. The topological polar surface area (TPSA) is 39.8 Å². The normalized spacial score (nSPS) is 11.0. The summed E-state index contributed by atoms with van der Waals surface area (Å²) in [5.74, 6) is 0. The van der Waals surface area contributed by atoms with Crippen molar-refractivity contribution in [2.24, 2.45) is 7.05 Å². The molecule has 0 aliphatic heterocycles. The van der Waals surface area contributed by atoms with E-state index in [1.54, 1.807) is 22.4 Å².